The van der Waals surface area contributed by atoms with Crippen LogP contribution in [0.25, 0.3) is 21.5 Å². The van der Waals surface area contributed by atoms with Crippen molar-refractivity contribution in [1.29, 1.82) is 0 Å². The van der Waals surface area contributed by atoms with Crippen molar-refractivity contribution in [3.05, 3.63) is 47.5 Å². The number of ether oxygens (including phenoxy) is 2. The first kappa shape index (κ1) is 19.8. The van der Waals surface area contributed by atoms with Gasteiger partial charge in [0.25, 0.3) is 0 Å². The number of benzene rings is 3. The van der Waals surface area contributed by atoms with Crippen LogP contribution in [-0.2, 0) is 0 Å². The number of rotatable bonds is 10. The summed E-state index contributed by atoms with van der Waals surface area (Å²) in [6.07, 6.45) is 6.85. The molecule has 0 saturated heterocycles. The van der Waals surface area contributed by atoms with Crippen LogP contribution in [0.3, 0.4) is 0 Å². The van der Waals surface area contributed by atoms with Crippen molar-refractivity contribution in [2.75, 3.05) is 13.2 Å². The largest absolute Gasteiger partial charge is 0.492 e. The first-order valence-electron chi connectivity index (χ1n) is 10.2. The second-order valence-electron chi connectivity index (χ2n) is 7.00. The van der Waals surface area contributed by atoms with Gasteiger partial charge in [0.05, 0.1) is 13.2 Å². The molecule has 0 aliphatic rings. The quantitative estimate of drug-likeness (QED) is 0.262. The fraction of sp³-hybridized carbons (Fsp3) is 0.417. The SMILES string of the molecule is CCCCCOc1c2ccccc2c(OCCCCC)c2cc(Cl)ccc12. The van der Waals surface area contributed by atoms with Gasteiger partial charge in [0.2, 0.25) is 0 Å². The molecule has 0 amide bonds. The molecule has 27 heavy (non-hydrogen) atoms. The molecular weight excluding hydrogens is 356 g/mol. The molecule has 3 heteroatoms. The second-order valence-corrected chi connectivity index (χ2v) is 7.44. The molecule has 0 fully saturated rings. The van der Waals surface area contributed by atoms with E-state index in [1.54, 1.807) is 0 Å². The van der Waals surface area contributed by atoms with Crippen LogP contribution < -0.4 is 9.47 Å². The minimum absolute atomic E-state index is 0.716. The van der Waals surface area contributed by atoms with Crippen molar-refractivity contribution < 1.29 is 9.47 Å². The predicted molar refractivity (Wildman–Crippen MR) is 117 cm³/mol. The third kappa shape index (κ3) is 4.68. The Labute approximate surface area is 167 Å². The highest BCUT2D eigenvalue weighted by Crippen LogP contribution is 2.43. The van der Waals surface area contributed by atoms with Crippen molar-refractivity contribution >= 4 is 33.1 Å². The number of halogens is 1. The smallest absolute Gasteiger partial charge is 0.135 e. The summed E-state index contributed by atoms with van der Waals surface area (Å²) in [5.74, 6) is 1.86. The van der Waals surface area contributed by atoms with E-state index in [9.17, 15) is 0 Å². The van der Waals surface area contributed by atoms with Crippen molar-refractivity contribution in [3.8, 4) is 11.5 Å². The number of hydrogen-bond acceptors (Lipinski definition) is 2. The molecule has 3 aromatic rings. The Kier molecular flexibility index (Phi) is 7.23. The van der Waals surface area contributed by atoms with Gasteiger partial charge in [-0.15, -0.1) is 0 Å². The van der Waals surface area contributed by atoms with Crippen molar-refractivity contribution in [2.45, 2.75) is 52.4 Å². The highest BCUT2D eigenvalue weighted by atomic mass is 35.5. The summed E-state index contributed by atoms with van der Waals surface area (Å²) in [7, 11) is 0. The Morgan fingerprint density at radius 1 is 0.667 bits per heavy atom. The van der Waals surface area contributed by atoms with Gasteiger partial charge in [0.15, 0.2) is 0 Å². The van der Waals surface area contributed by atoms with Crippen LogP contribution in [0.4, 0.5) is 0 Å². The second kappa shape index (κ2) is 9.85. The molecule has 0 radical (unpaired) electrons. The van der Waals surface area contributed by atoms with Gasteiger partial charge < -0.3 is 9.47 Å². The van der Waals surface area contributed by atoms with Crippen LogP contribution in [0.15, 0.2) is 42.5 Å². The summed E-state index contributed by atoms with van der Waals surface area (Å²) in [4.78, 5) is 0. The maximum Gasteiger partial charge on any atom is 0.135 e. The zero-order chi connectivity index (χ0) is 19.1. The number of fused-ring (bicyclic) bond motifs is 2. The Morgan fingerprint density at radius 3 is 1.74 bits per heavy atom. The van der Waals surface area contributed by atoms with Gasteiger partial charge in [0, 0.05) is 26.6 Å². The van der Waals surface area contributed by atoms with E-state index in [0.29, 0.717) is 5.02 Å². The van der Waals surface area contributed by atoms with Gasteiger partial charge in [-0.1, -0.05) is 75.4 Å². The third-order valence-corrected chi connectivity index (χ3v) is 5.11. The lowest BCUT2D eigenvalue weighted by Crippen LogP contribution is -2.02. The lowest BCUT2D eigenvalue weighted by atomic mass is 10.0. The lowest BCUT2D eigenvalue weighted by molar-refractivity contribution is 0.308. The van der Waals surface area contributed by atoms with Gasteiger partial charge in [-0.3, -0.25) is 0 Å². The predicted octanol–water partition coefficient (Wildman–Crippen LogP) is 7.78. The molecule has 0 saturated carbocycles. The summed E-state index contributed by atoms with van der Waals surface area (Å²) >= 11 is 6.33. The maximum absolute atomic E-state index is 6.33. The molecule has 0 unspecified atom stereocenters. The van der Waals surface area contributed by atoms with Gasteiger partial charge in [0.1, 0.15) is 11.5 Å². The molecule has 0 atom stereocenters. The minimum atomic E-state index is 0.716. The molecular formula is C24H29ClO2. The molecule has 0 bridgehead atoms. The zero-order valence-electron chi connectivity index (χ0n) is 16.4. The summed E-state index contributed by atoms with van der Waals surface area (Å²) in [5, 5.41) is 5.01. The monoisotopic (exact) mass is 384 g/mol. The average molecular weight is 385 g/mol. The number of unbranched alkanes of at least 4 members (excludes halogenated alkanes) is 4. The van der Waals surface area contributed by atoms with E-state index < -0.39 is 0 Å². The van der Waals surface area contributed by atoms with E-state index in [-0.39, 0.29) is 0 Å². The highest BCUT2D eigenvalue weighted by molar-refractivity contribution is 6.31. The van der Waals surface area contributed by atoms with Crippen molar-refractivity contribution in [2.24, 2.45) is 0 Å². The topological polar surface area (TPSA) is 18.5 Å². The zero-order valence-corrected chi connectivity index (χ0v) is 17.1. The molecule has 2 nitrogen and oxygen atoms in total. The fourth-order valence-electron chi connectivity index (χ4n) is 3.44. The van der Waals surface area contributed by atoms with Crippen molar-refractivity contribution in [3.63, 3.8) is 0 Å². The molecule has 0 aliphatic heterocycles. The standard InChI is InChI=1S/C24H29ClO2/c1-3-5-9-15-26-23-19-11-7-8-12-20(19)24(27-16-10-6-4-2)22-17-18(25)13-14-21(22)23/h7-8,11-14,17H,3-6,9-10,15-16H2,1-2H3. The summed E-state index contributed by atoms with van der Waals surface area (Å²) in [6, 6.07) is 14.3. The van der Waals surface area contributed by atoms with E-state index in [2.05, 4.69) is 44.2 Å². The Balaban J connectivity index is 2.08. The molecule has 144 valence electrons. The highest BCUT2D eigenvalue weighted by Gasteiger charge is 2.16. The van der Waals surface area contributed by atoms with E-state index in [1.807, 2.05) is 12.1 Å². The molecule has 3 rings (SSSR count). The normalized spacial score (nSPS) is 11.2. The molecule has 0 heterocycles. The van der Waals surface area contributed by atoms with Crippen LogP contribution in [0.2, 0.25) is 5.02 Å². The van der Waals surface area contributed by atoms with E-state index >= 15 is 0 Å². The van der Waals surface area contributed by atoms with Crippen LogP contribution >= 0.6 is 11.6 Å². The molecule has 0 N–H and O–H groups in total. The van der Waals surface area contributed by atoms with Crippen LogP contribution in [-0.4, -0.2) is 13.2 Å². The molecule has 0 spiro atoms. The first-order chi connectivity index (χ1) is 13.3. The molecule has 0 aromatic heterocycles. The Bertz CT molecular complexity index is 888. The number of hydrogen-bond donors (Lipinski definition) is 0. The van der Waals surface area contributed by atoms with Gasteiger partial charge in [-0.2, -0.15) is 0 Å². The van der Waals surface area contributed by atoms with Crippen LogP contribution in [0.5, 0.6) is 11.5 Å². The summed E-state index contributed by atoms with van der Waals surface area (Å²) < 4.78 is 12.5. The third-order valence-electron chi connectivity index (χ3n) is 4.88. The first-order valence-corrected chi connectivity index (χ1v) is 10.5. The van der Waals surface area contributed by atoms with Crippen LogP contribution in [0, 0.1) is 0 Å². The lowest BCUT2D eigenvalue weighted by Gasteiger charge is -2.18. The van der Waals surface area contributed by atoms with Crippen molar-refractivity contribution in [1.82, 2.24) is 0 Å². The van der Waals surface area contributed by atoms with E-state index in [0.717, 1.165) is 59.1 Å². The fourth-order valence-corrected chi connectivity index (χ4v) is 3.61. The van der Waals surface area contributed by atoms with Gasteiger partial charge >= 0.3 is 0 Å². The van der Waals surface area contributed by atoms with E-state index in [4.69, 9.17) is 21.1 Å². The van der Waals surface area contributed by atoms with Crippen LogP contribution in [0.1, 0.15) is 52.4 Å². The summed E-state index contributed by atoms with van der Waals surface area (Å²) in [5.41, 5.74) is 0. The minimum Gasteiger partial charge on any atom is -0.492 e. The van der Waals surface area contributed by atoms with E-state index in [1.165, 1.54) is 25.7 Å². The summed E-state index contributed by atoms with van der Waals surface area (Å²) in [6.45, 7) is 5.86. The maximum atomic E-state index is 6.33. The Hall–Kier alpha value is -1.93. The van der Waals surface area contributed by atoms with Gasteiger partial charge in [-0.25, -0.2) is 0 Å². The average Bonchev–Trinajstić information content (AvgIpc) is 2.69. The molecule has 3 aromatic carbocycles. The Morgan fingerprint density at radius 2 is 1.19 bits per heavy atom. The molecule has 0 aliphatic carbocycles. The van der Waals surface area contributed by atoms with Gasteiger partial charge in [-0.05, 0) is 31.0 Å².